The van der Waals surface area contributed by atoms with E-state index in [1.807, 2.05) is 6.92 Å². The number of nitrogens with zero attached hydrogens (tertiary/aromatic N) is 3. The predicted octanol–water partition coefficient (Wildman–Crippen LogP) is 0.153. The first-order valence-corrected chi connectivity index (χ1v) is 4.98. The number of nitrogens with two attached hydrogens (primary N) is 1. The second-order valence-electron chi connectivity index (χ2n) is 3.55. The Labute approximate surface area is 87.1 Å². The molecule has 0 atom stereocenters. The first kappa shape index (κ1) is 9.92. The molecule has 2 heterocycles. The van der Waals surface area contributed by atoms with Crippen LogP contribution in [0.15, 0.2) is 23.3 Å². The molecule has 0 aromatic carbocycles. The molecule has 2 aromatic heterocycles. The Morgan fingerprint density at radius 2 is 2.27 bits per heavy atom. The third-order valence-corrected chi connectivity index (χ3v) is 2.33. The highest BCUT2D eigenvalue weighted by molar-refractivity contribution is 5.44. The van der Waals surface area contributed by atoms with E-state index in [1.165, 1.54) is 0 Å². The standard InChI is InChI=1S/C10H14N4O/c1-8-7-9-10(15)13(4-2-3-11)5-6-14(9)12-8/h5-7H,2-4,11H2,1H3. The zero-order valence-corrected chi connectivity index (χ0v) is 8.68. The van der Waals surface area contributed by atoms with E-state index in [9.17, 15) is 4.79 Å². The molecule has 5 nitrogen and oxygen atoms in total. The van der Waals surface area contributed by atoms with Gasteiger partial charge in [-0.1, -0.05) is 0 Å². The molecule has 2 N–H and O–H groups in total. The molecule has 80 valence electrons. The lowest BCUT2D eigenvalue weighted by Crippen LogP contribution is -2.22. The van der Waals surface area contributed by atoms with Gasteiger partial charge in [0.15, 0.2) is 0 Å². The van der Waals surface area contributed by atoms with Crippen molar-refractivity contribution < 1.29 is 0 Å². The van der Waals surface area contributed by atoms with Crippen molar-refractivity contribution in [3.05, 3.63) is 34.5 Å². The van der Waals surface area contributed by atoms with Gasteiger partial charge in [-0.25, -0.2) is 4.52 Å². The summed E-state index contributed by atoms with van der Waals surface area (Å²) in [6, 6.07) is 1.79. The molecular formula is C10H14N4O. The summed E-state index contributed by atoms with van der Waals surface area (Å²) in [5, 5.41) is 4.17. The Kier molecular flexibility index (Phi) is 2.55. The summed E-state index contributed by atoms with van der Waals surface area (Å²) in [5.74, 6) is 0. The summed E-state index contributed by atoms with van der Waals surface area (Å²) < 4.78 is 3.28. The Balaban J connectivity index is 2.50. The zero-order chi connectivity index (χ0) is 10.8. The van der Waals surface area contributed by atoms with Crippen molar-refractivity contribution in [1.82, 2.24) is 14.2 Å². The molecule has 0 aliphatic rings. The molecule has 2 rings (SSSR count). The van der Waals surface area contributed by atoms with E-state index < -0.39 is 0 Å². The molecule has 0 bridgehead atoms. The minimum atomic E-state index is -0.00782. The van der Waals surface area contributed by atoms with Gasteiger partial charge in [0.05, 0.1) is 5.69 Å². The Hall–Kier alpha value is -1.62. The third kappa shape index (κ3) is 1.78. The van der Waals surface area contributed by atoms with Crippen LogP contribution in [0.3, 0.4) is 0 Å². The molecule has 0 saturated heterocycles. The van der Waals surface area contributed by atoms with Crippen molar-refractivity contribution in [3.8, 4) is 0 Å². The topological polar surface area (TPSA) is 65.3 Å². The number of fused-ring (bicyclic) bond motifs is 1. The average molecular weight is 206 g/mol. The monoisotopic (exact) mass is 206 g/mol. The fraction of sp³-hybridized carbons (Fsp3) is 0.400. The summed E-state index contributed by atoms with van der Waals surface area (Å²) in [4.78, 5) is 11.9. The molecule has 0 aliphatic heterocycles. The SMILES string of the molecule is Cc1cc2c(=O)n(CCCN)ccn2n1. The first-order valence-electron chi connectivity index (χ1n) is 4.98. The van der Waals surface area contributed by atoms with E-state index in [0.717, 1.165) is 12.1 Å². The van der Waals surface area contributed by atoms with Gasteiger partial charge in [-0.05, 0) is 26.0 Å². The van der Waals surface area contributed by atoms with Crippen LogP contribution in [-0.2, 0) is 6.54 Å². The summed E-state index contributed by atoms with van der Waals surface area (Å²) in [5.41, 5.74) is 6.87. The molecule has 0 amide bonds. The van der Waals surface area contributed by atoms with Crippen molar-refractivity contribution in [1.29, 1.82) is 0 Å². The second-order valence-corrected chi connectivity index (χ2v) is 3.55. The van der Waals surface area contributed by atoms with Crippen LogP contribution in [-0.4, -0.2) is 20.7 Å². The fourth-order valence-corrected chi connectivity index (χ4v) is 1.59. The van der Waals surface area contributed by atoms with E-state index in [-0.39, 0.29) is 5.56 Å². The summed E-state index contributed by atoms with van der Waals surface area (Å²) in [6.45, 7) is 3.13. The van der Waals surface area contributed by atoms with Crippen LogP contribution in [0.5, 0.6) is 0 Å². The lowest BCUT2D eigenvalue weighted by molar-refractivity contribution is 0.625. The van der Waals surface area contributed by atoms with Crippen LogP contribution in [0.2, 0.25) is 0 Å². The molecule has 0 radical (unpaired) electrons. The van der Waals surface area contributed by atoms with E-state index in [4.69, 9.17) is 5.73 Å². The van der Waals surface area contributed by atoms with Crippen molar-refractivity contribution in [2.24, 2.45) is 5.73 Å². The number of aromatic nitrogens is 3. The molecule has 0 unspecified atom stereocenters. The van der Waals surface area contributed by atoms with E-state index >= 15 is 0 Å². The molecule has 0 saturated carbocycles. The summed E-state index contributed by atoms with van der Waals surface area (Å²) in [6.07, 6.45) is 4.35. The van der Waals surface area contributed by atoms with E-state index in [1.54, 1.807) is 27.5 Å². The van der Waals surface area contributed by atoms with Crippen molar-refractivity contribution in [3.63, 3.8) is 0 Å². The number of rotatable bonds is 3. The maximum atomic E-state index is 11.9. The largest absolute Gasteiger partial charge is 0.330 e. The Morgan fingerprint density at radius 3 is 3.00 bits per heavy atom. The normalized spacial score (nSPS) is 11.1. The predicted molar refractivity (Wildman–Crippen MR) is 57.9 cm³/mol. The van der Waals surface area contributed by atoms with Gasteiger partial charge < -0.3 is 10.3 Å². The maximum absolute atomic E-state index is 11.9. The number of hydrogen-bond acceptors (Lipinski definition) is 3. The van der Waals surface area contributed by atoms with Crippen LogP contribution in [0.4, 0.5) is 0 Å². The molecule has 0 fully saturated rings. The second kappa shape index (κ2) is 3.86. The quantitative estimate of drug-likeness (QED) is 0.777. The van der Waals surface area contributed by atoms with Crippen molar-refractivity contribution >= 4 is 5.52 Å². The molecule has 0 aliphatic carbocycles. The maximum Gasteiger partial charge on any atom is 0.276 e. The first-order chi connectivity index (χ1) is 7.22. The fourth-order valence-electron chi connectivity index (χ4n) is 1.59. The smallest absolute Gasteiger partial charge is 0.276 e. The number of hydrogen-bond donors (Lipinski definition) is 1. The van der Waals surface area contributed by atoms with E-state index in [0.29, 0.717) is 18.6 Å². The van der Waals surface area contributed by atoms with Crippen LogP contribution in [0.1, 0.15) is 12.1 Å². The molecule has 5 heteroatoms. The summed E-state index contributed by atoms with van der Waals surface area (Å²) in [7, 11) is 0. The third-order valence-electron chi connectivity index (χ3n) is 2.33. The van der Waals surface area contributed by atoms with Gasteiger partial charge in [0, 0.05) is 18.9 Å². The number of aryl methyl sites for hydroxylation is 2. The Bertz CT molecular complexity index is 526. The van der Waals surface area contributed by atoms with Crippen LogP contribution in [0, 0.1) is 6.92 Å². The van der Waals surface area contributed by atoms with E-state index in [2.05, 4.69) is 5.10 Å². The minimum Gasteiger partial charge on any atom is -0.330 e. The van der Waals surface area contributed by atoms with Crippen LogP contribution < -0.4 is 11.3 Å². The summed E-state index contributed by atoms with van der Waals surface area (Å²) >= 11 is 0. The van der Waals surface area contributed by atoms with Gasteiger partial charge in [0.2, 0.25) is 0 Å². The Morgan fingerprint density at radius 1 is 1.47 bits per heavy atom. The molecule has 0 spiro atoms. The highest BCUT2D eigenvalue weighted by Crippen LogP contribution is 1.99. The lowest BCUT2D eigenvalue weighted by atomic mass is 10.4. The van der Waals surface area contributed by atoms with Crippen LogP contribution in [0.25, 0.3) is 5.52 Å². The lowest BCUT2D eigenvalue weighted by Gasteiger charge is -2.03. The van der Waals surface area contributed by atoms with Gasteiger partial charge in [0.25, 0.3) is 5.56 Å². The average Bonchev–Trinajstić information content (AvgIpc) is 2.59. The van der Waals surface area contributed by atoms with Crippen molar-refractivity contribution in [2.75, 3.05) is 6.54 Å². The van der Waals surface area contributed by atoms with Gasteiger partial charge >= 0.3 is 0 Å². The van der Waals surface area contributed by atoms with Crippen molar-refractivity contribution in [2.45, 2.75) is 19.9 Å². The van der Waals surface area contributed by atoms with Gasteiger partial charge in [-0.2, -0.15) is 5.10 Å². The van der Waals surface area contributed by atoms with Gasteiger partial charge in [-0.3, -0.25) is 4.79 Å². The highest BCUT2D eigenvalue weighted by Gasteiger charge is 2.04. The van der Waals surface area contributed by atoms with Gasteiger partial charge in [0.1, 0.15) is 5.52 Å². The minimum absolute atomic E-state index is 0.00782. The highest BCUT2D eigenvalue weighted by atomic mass is 16.1. The molecule has 15 heavy (non-hydrogen) atoms. The van der Waals surface area contributed by atoms with Crippen LogP contribution >= 0.6 is 0 Å². The molecular weight excluding hydrogens is 192 g/mol. The van der Waals surface area contributed by atoms with Gasteiger partial charge in [-0.15, -0.1) is 0 Å². The zero-order valence-electron chi connectivity index (χ0n) is 8.68. The molecule has 2 aromatic rings.